The minimum absolute atomic E-state index is 0. The molecule has 27 nitrogen and oxygen atoms in total. The van der Waals surface area contributed by atoms with E-state index < -0.39 is 107 Å². The summed E-state index contributed by atoms with van der Waals surface area (Å²) < 4.78 is 129. The van der Waals surface area contributed by atoms with Crippen molar-refractivity contribution in [3.63, 3.8) is 0 Å². The quantitative estimate of drug-likeness (QED) is 0.0475. The Balaban J connectivity index is 0.000000211. The molecule has 3 aromatic heterocycles. The molecule has 0 spiro atoms. The largest absolute Gasteiger partial charge is 0.540 e. The molecule has 3 aliphatic carbocycles. The van der Waals surface area contributed by atoms with Gasteiger partial charge in [0.2, 0.25) is 35.4 Å². The fourth-order valence-corrected chi connectivity index (χ4v) is 21.5. The Morgan fingerprint density at radius 2 is 0.717 bits per heavy atom. The van der Waals surface area contributed by atoms with E-state index in [-0.39, 0.29) is 195 Å². The molecule has 138 heavy (non-hydrogen) atoms. The van der Waals surface area contributed by atoms with E-state index in [2.05, 4.69) is 38.1 Å². The second-order valence-corrected chi connectivity index (χ2v) is 41.8. The number of carbonyl (C=O) groups excluding carboxylic acids is 9. The second kappa shape index (κ2) is 48.1. The summed E-state index contributed by atoms with van der Waals surface area (Å²) in [5, 5.41) is 0. The van der Waals surface area contributed by atoms with Crippen LogP contribution in [0.5, 0.6) is 34.9 Å². The van der Waals surface area contributed by atoms with Gasteiger partial charge in [-0.15, -0.1) is 0 Å². The summed E-state index contributed by atoms with van der Waals surface area (Å²) in [4.78, 5) is 153. The zero-order chi connectivity index (χ0) is 97.3. The van der Waals surface area contributed by atoms with Gasteiger partial charge in [-0.2, -0.15) is 26.3 Å². The van der Waals surface area contributed by atoms with Crippen LogP contribution in [-0.2, 0) is 132 Å². The number of hydrogen-bond donors (Lipinski definition) is 0. The van der Waals surface area contributed by atoms with Crippen molar-refractivity contribution in [2.24, 2.45) is 69.5 Å². The smallest absolute Gasteiger partial charge is 0.387 e. The van der Waals surface area contributed by atoms with Crippen molar-refractivity contribution < 1.29 is 168 Å². The molecule has 3 amide bonds. The average molecular weight is 2040 g/mol. The first-order valence-corrected chi connectivity index (χ1v) is 48.6. The first kappa shape index (κ1) is 112. The molecule has 9 heterocycles. The van der Waals surface area contributed by atoms with Gasteiger partial charge in [-0.25, -0.2) is 48.8 Å². The third-order valence-corrected chi connectivity index (χ3v) is 29.5. The van der Waals surface area contributed by atoms with Crippen LogP contribution in [0, 0.1) is 69.5 Å². The van der Waals surface area contributed by atoms with Crippen molar-refractivity contribution in [1.29, 1.82) is 0 Å². The minimum Gasteiger partial charge on any atom is -0.540 e. The van der Waals surface area contributed by atoms with E-state index in [9.17, 15) is 69.5 Å². The molecule has 9 aliphatic rings. The number of benzene rings is 3. The molecule has 753 valence electrons. The average Bonchev–Trinajstić information content (AvgIpc) is 1.59. The predicted molar refractivity (Wildman–Crippen MR) is 488 cm³/mol. The van der Waals surface area contributed by atoms with Gasteiger partial charge in [0.1, 0.15) is 69.9 Å². The standard InChI is InChI=1S/C35H46F2N3O6.C34H44F2N3O6.C33H42F2N3O6.3V/c1-6-23-28(20-41)40-19-29(23)45-31-26(38-25-15-14-22(44-33(36)37)17-27(25)39-31)13-9-7-8-11-21-12-10-16-35(21,5)46-30(42)18-24(32(40)43)34(2,3)4;1-5-22-27(19-40)39-18-29(22)45-31-25(37-24-15-14-21(43-33(35)36)16-26(24)38-31)12-8-6-7-10-20-11-9-13-28(20)44-30(41)17-23(32(39)42)34(2,3)4;1-6-21-26(18-39)38-17-27(21)43-29-24(36-23-13-12-20(42-31(34)35)14-25(23)37-29)11-9-7-8-10-19-16-33(19,5)44-28(40)15-22(30(38)41)32(2,3)4;;;/h14-15,17,21,23-24,28-29,33H,6-13,16,18-19H2,1-5H3;14-16,20,22-23,27-29,33H,5-13,17-18H2,1-4H3;12-14,19,21-22,26-27,31H,6-11,15-17H2,1-5H3;;;/q3*-1;;;/t21-,23+,24-,28-,29+,35-;20-,22+,23-,27-,28-,29+;19-,21+,22-,26-,27+,33-;;;/m111.../s1. The van der Waals surface area contributed by atoms with E-state index in [1.165, 1.54) is 51.1 Å². The summed E-state index contributed by atoms with van der Waals surface area (Å²) >= 11 is 0. The van der Waals surface area contributed by atoms with Gasteiger partial charge in [-0.05, 0) is 199 Å². The fraction of sp³-hybridized carbons (Fsp3) is 0.676. The normalized spacial score (nSPS) is 28.8. The van der Waals surface area contributed by atoms with Gasteiger partial charge in [-0.1, -0.05) is 159 Å². The van der Waals surface area contributed by atoms with Crippen LogP contribution < -0.4 is 28.4 Å². The molecule has 3 radical (unpaired) electrons. The zero-order valence-electron chi connectivity index (χ0n) is 81.6. The third-order valence-electron chi connectivity index (χ3n) is 29.5. The van der Waals surface area contributed by atoms with Crippen LogP contribution in [-0.4, -0.2) is 192 Å². The maximum atomic E-state index is 14.3. The number of amides is 3. The molecule has 18 atom stereocenters. The number of rotatable bonds is 12. The molecule has 3 saturated heterocycles. The van der Waals surface area contributed by atoms with E-state index in [1.54, 1.807) is 18.2 Å². The Kier molecular flexibility index (Phi) is 38.9. The summed E-state index contributed by atoms with van der Waals surface area (Å²) in [6, 6.07) is 10.7. The molecular weight excluding hydrogens is 1910 g/mol. The summed E-state index contributed by atoms with van der Waals surface area (Å²) in [6.07, 6.45) is 24.7. The van der Waals surface area contributed by atoms with Crippen LogP contribution >= 0.6 is 0 Å². The van der Waals surface area contributed by atoms with Gasteiger partial charge in [0.15, 0.2) is 0 Å². The Labute approximate surface area is 840 Å². The van der Waals surface area contributed by atoms with Crippen molar-refractivity contribution in [3.05, 3.63) is 71.7 Å². The molecule has 0 unspecified atom stereocenters. The van der Waals surface area contributed by atoms with Crippen molar-refractivity contribution >= 4 is 87.6 Å². The number of hydrogen-bond acceptors (Lipinski definition) is 24. The van der Waals surface area contributed by atoms with Gasteiger partial charge in [0.25, 0.3) is 0 Å². The van der Waals surface area contributed by atoms with E-state index in [0.29, 0.717) is 94.6 Å². The molecule has 36 heteroatoms. The molecular formula is C102H132F6N9O18V3-3. The van der Waals surface area contributed by atoms with E-state index in [0.717, 1.165) is 122 Å². The molecule has 3 saturated carbocycles. The molecule has 6 fully saturated rings. The first-order valence-electron chi connectivity index (χ1n) is 48.6. The second-order valence-electron chi connectivity index (χ2n) is 41.8. The van der Waals surface area contributed by atoms with Crippen LogP contribution in [0.1, 0.15) is 275 Å². The van der Waals surface area contributed by atoms with Gasteiger partial charge >= 0.3 is 37.7 Å². The summed E-state index contributed by atoms with van der Waals surface area (Å²) in [7, 11) is 0. The van der Waals surface area contributed by atoms with E-state index >= 15 is 0 Å². The summed E-state index contributed by atoms with van der Waals surface area (Å²) in [5.41, 5.74) is 1.65. The van der Waals surface area contributed by atoms with Crippen molar-refractivity contribution in [2.75, 3.05) is 19.6 Å². The number of aryl methyl sites for hydroxylation is 3. The molecule has 6 bridgehead atoms. The first-order chi connectivity index (χ1) is 64.1. The Hall–Kier alpha value is -8.36. The summed E-state index contributed by atoms with van der Waals surface area (Å²) in [6.45, 7) is 18.3. The van der Waals surface area contributed by atoms with Gasteiger partial charge < -0.3 is 71.7 Å². The number of carbonyl (C=O) groups is 6. The SMILES string of the molecule is CC[C@@H]1[C@@H]2CN(C(=O)[C@H](C(C)(C)C)CC(=O)O[C@@H]3CCC[C@H]3CCCCCc3nc4ccc(OC(F)F)cc4nc3O2)[C@@H]1[C-]=O.CC[C@@H]1[C@@H]2CN(C(=O)[C@H](C(C)(C)C)CC(=O)O[C@]3(C)CCC[C@H]3CCCCCc3nc4ccc(OC(F)F)cc4nc3O2)[C@@H]1[C-]=O.CC[C@@H]1[C@@H]2CN(C(=O)[C@H](C(C)(C)C)CC(=O)O[C@]3(C)C[C@H]3CCCCCc3nc4ccc(OC(F)F)cc4nc3O2)[C@@H]1[C-]=O.[V].[V].[V]. The van der Waals surface area contributed by atoms with Crippen LogP contribution in [0.3, 0.4) is 0 Å². The maximum Gasteiger partial charge on any atom is 0.387 e. The van der Waals surface area contributed by atoms with E-state index in [1.807, 2.05) is 96.9 Å². The number of fused-ring (bicyclic) bond motifs is 15. The number of esters is 3. The maximum absolute atomic E-state index is 14.3. The van der Waals surface area contributed by atoms with Crippen LogP contribution in [0.15, 0.2) is 54.6 Å². The molecule has 3 aromatic carbocycles. The molecule has 6 aromatic rings. The topological polar surface area (TPSA) is 324 Å². The van der Waals surface area contributed by atoms with Crippen LogP contribution in [0.4, 0.5) is 26.3 Å². The fourth-order valence-electron chi connectivity index (χ4n) is 21.5. The number of aromatic nitrogens is 6. The van der Waals surface area contributed by atoms with Crippen molar-refractivity contribution in [1.82, 2.24) is 44.6 Å². The third kappa shape index (κ3) is 27.1. The van der Waals surface area contributed by atoms with Crippen molar-refractivity contribution in [2.45, 2.75) is 350 Å². The Morgan fingerprint density at radius 1 is 0.391 bits per heavy atom. The number of halogens is 6. The molecule has 15 rings (SSSR count). The number of alkyl halides is 6. The zero-order valence-corrected chi connectivity index (χ0v) is 85.8. The summed E-state index contributed by atoms with van der Waals surface area (Å²) in [5.74, 6) is -3.93. The van der Waals surface area contributed by atoms with Crippen LogP contribution in [0.2, 0.25) is 0 Å². The predicted octanol–water partition coefficient (Wildman–Crippen LogP) is 18.6. The Bertz CT molecular complexity index is 5230. The Morgan fingerprint density at radius 3 is 1.06 bits per heavy atom. The van der Waals surface area contributed by atoms with Gasteiger partial charge in [0.05, 0.1) is 89.8 Å². The number of ether oxygens (including phenoxy) is 9. The molecule has 6 aliphatic heterocycles. The number of nitrogens with zero attached hydrogens (tertiary/aromatic N) is 9. The van der Waals surface area contributed by atoms with Gasteiger partial charge in [0, 0.05) is 79.8 Å². The minimum atomic E-state index is -2.98. The monoisotopic (exact) mass is 2040 g/mol. The van der Waals surface area contributed by atoms with E-state index in [4.69, 9.17) is 53.3 Å². The van der Waals surface area contributed by atoms with Crippen LogP contribution in [0.25, 0.3) is 33.1 Å². The van der Waals surface area contributed by atoms with Gasteiger partial charge in [-0.3, -0.25) is 28.8 Å². The van der Waals surface area contributed by atoms with Crippen molar-refractivity contribution in [3.8, 4) is 34.9 Å². The molecule has 0 N–H and O–H groups in total.